The number of aliphatic carboxylic acids is 1. The molecule has 8 heteroatoms. The van der Waals surface area contributed by atoms with E-state index in [4.69, 9.17) is 15.3 Å². The van der Waals surface area contributed by atoms with Crippen LogP contribution in [0.25, 0.3) is 5.57 Å². The van der Waals surface area contributed by atoms with Crippen LogP contribution < -0.4 is 10.5 Å². The molecular weight excluding hydrogens is 325 g/mol. The number of ether oxygens (including phenoxy) is 1. The quantitative estimate of drug-likeness (QED) is 0.710. The van der Waals surface area contributed by atoms with E-state index >= 15 is 0 Å². The lowest BCUT2D eigenvalue weighted by atomic mass is 9.98. The van der Waals surface area contributed by atoms with Gasteiger partial charge in [0.05, 0.1) is 5.56 Å². The molecule has 0 saturated carbocycles. The number of allylic oxidation sites excluding steroid dienone is 2. The van der Waals surface area contributed by atoms with Gasteiger partial charge >= 0.3 is 12.1 Å². The van der Waals surface area contributed by atoms with Crippen molar-refractivity contribution < 1.29 is 27.8 Å². The molecule has 0 spiro atoms. The molecular formula is C16H21F3N2O3. The maximum atomic E-state index is 12.9. The smallest absolute Gasteiger partial charge is 0.416 e. The van der Waals surface area contributed by atoms with E-state index in [0.717, 1.165) is 18.2 Å². The zero-order chi connectivity index (χ0) is 19.1. The van der Waals surface area contributed by atoms with Gasteiger partial charge in [-0.25, -0.2) is 4.79 Å². The van der Waals surface area contributed by atoms with Crippen LogP contribution in [-0.4, -0.2) is 29.9 Å². The Bertz CT molecular complexity index is 625. The number of carboxylic acids is 1. The van der Waals surface area contributed by atoms with E-state index in [-0.39, 0.29) is 22.6 Å². The Hall–Kier alpha value is -2.35. The predicted octanol–water partition coefficient (Wildman–Crippen LogP) is 3.58. The van der Waals surface area contributed by atoms with E-state index in [0.29, 0.717) is 0 Å². The van der Waals surface area contributed by atoms with Gasteiger partial charge in [0.25, 0.3) is 0 Å². The van der Waals surface area contributed by atoms with Gasteiger partial charge in [0.15, 0.2) is 6.10 Å². The van der Waals surface area contributed by atoms with E-state index in [1.807, 2.05) is 0 Å². The standard InChI is InChI=1S/C15H16F3NO3.CH5N/c1-4-11(8(2)19)12-7-10(15(16,17)18)5-6-13(12)22-9(3)14(20)21;1-2/h4-7,9,19H,1-3H3,(H,20,21);2H2,1H3/b11-4-,19-8?;. The summed E-state index contributed by atoms with van der Waals surface area (Å²) in [5, 5.41) is 16.5. The first kappa shape index (κ1) is 21.6. The normalized spacial score (nSPS) is 12.8. The number of rotatable bonds is 5. The molecule has 0 bridgehead atoms. The number of nitrogens with one attached hydrogen (secondary N) is 1. The summed E-state index contributed by atoms with van der Waals surface area (Å²) in [7, 11) is 1.50. The molecule has 0 fully saturated rings. The summed E-state index contributed by atoms with van der Waals surface area (Å²) in [4.78, 5) is 10.9. The zero-order valence-corrected chi connectivity index (χ0v) is 13.9. The molecule has 1 atom stereocenters. The molecule has 1 rings (SSSR count). The van der Waals surface area contributed by atoms with Gasteiger partial charge in [-0.1, -0.05) is 6.08 Å². The fourth-order valence-electron chi connectivity index (χ4n) is 1.83. The minimum absolute atomic E-state index is 0.0115. The van der Waals surface area contributed by atoms with Crippen LogP contribution in [0.3, 0.4) is 0 Å². The number of hydrogen-bond donors (Lipinski definition) is 3. The molecule has 0 amide bonds. The Balaban J connectivity index is 0.00000254. The third kappa shape index (κ3) is 5.69. The summed E-state index contributed by atoms with van der Waals surface area (Å²) in [5.41, 5.74) is 3.95. The summed E-state index contributed by atoms with van der Waals surface area (Å²) >= 11 is 0. The number of hydrogen-bond acceptors (Lipinski definition) is 4. The van der Waals surface area contributed by atoms with Crippen molar-refractivity contribution in [3.05, 3.63) is 35.4 Å². The second-order valence-electron chi connectivity index (χ2n) is 4.63. The highest BCUT2D eigenvalue weighted by Crippen LogP contribution is 2.36. The van der Waals surface area contributed by atoms with Gasteiger partial charge in [-0.15, -0.1) is 0 Å². The van der Waals surface area contributed by atoms with Crippen LogP contribution in [0.4, 0.5) is 13.2 Å². The van der Waals surface area contributed by atoms with Gasteiger partial charge in [0, 0.05) is 16.8 Å². The molecule has 0 aliphatic rings. The number of halogens is 3. The Kier molecular flexibility index (Phi) is 8.18. The number of carboxylic acid groups (broad SMARTS) is 1. The molecule has 0 aliphatic carbocycles. The van der Waals surface area contributed by atoms with Crippen LogP contribution in [0.5, 0.6) is 5.75 Å². The molecule has 134 valence electrons. The third-order valence-electron chi connectivity index (χ3n) is 2.94. The maximum absolute atomic E-state index is 12.9. The molecule has 1 unspecified atom stereocenters. The van der Waals surface area contributed by atoms with Crippen molar-refractivity contribution in [3.8, 4) is 5.75 Å². The first-order valence-corrected chi connectivity index (χ1v) is 6.98. The van der Waals surface area contributed by atoms with Gasteiger partial charge in [-0.05, 0) is 46.0 Å². The lowest BCUT2D eigenvalue weighted by molar-refractivity contribution is -0.144. The summed E-state index contributed by atoms with van der Waals surface area (Å²) < 4.78 is 43.8. The Morgan fingerprint density at radius 3 is 2.29 bits per heavy atom. The van der Waals surface area contributed by atoms with Crippen LogP contribution in [0.1, 0.15) is 31.9 Å². The molecule has 1 aromatic rings. The van der Waals surface area contributed by atoms with Gasteiger partial charge in [-0.3, -0.25) is 0 Å². The largest absolute Gasteiger partial charge is 0.479 e. The molecule has 1 aromatic carbocycles. The second-order valence-corrected chi connectivity index (χ2v) is 4.63. The van der Waals surface area contributed by atoms with Crippen LogP contribution in [-0.2, 0) is 11.0 Å². The van der Waals surface area contributed by atoms with Gasteiger partial charge in [-0.2, -0.15) is 13.2 Å². The van der Waals surface area contributed by atoms with Crippen LogP contribution in [0, 0.1) is 5.41 Å². The SMILES string of the molecule is C/C=C(/C(C)=N)c1cc(C(F)(F)F)ccc1OC(C)C(=O)O.CN. The fraction of sp³-hybridized carbons (Fsp3) is 0.375. The molecule has 0 aromatic heterocycles. The lowest BCUT2D eigenvalue weighted by Gasteiger charge is -2.18. The van der Waals surface area contributed by atoms with Crippen molar-refractivity contribution in [3.63, 3.8) is 0 Å². The first-order chi connectivity index (χ1) is 11.1. The fourth-order valence-corrected chi connectivity index (χ4v) is 1.83. The van der Waals surface area contributed by atoms with Gasteiger partial charge < -0.3 is 21.0 Å². The Morgan fingerprint density at radius 2 is 1.92 bits per heavy atom. The average molecular weight is 346 g/mol. The summed E-state index contributed by atoms with van der Waals surface area (Å²) in [6.45, 7) is 4.29. The van der Waals surface area contributed by atoms with Crippen molar-refractivity contribution >= 4 is 17.3 Å². The zero-order valence-electron chi connectivity index (χ0n) is 13.9. The average Bonchev–Trinajstić information content (AvgIpc) is 2.49. The van der Waals surface area contributed by atoms with Crippen molar-refractivity contribution in [2.45, 2.75) is 33.1 Å². The van der Waals surface area contributed by atoms with Crippen molar-refractivity contribution in [2.75, 3.05) is 7.05 Å². The minimum Gasteiger partial charge on any atom is -0.479 e. The third-order valence-corrected chi connectivity index (χ3v) is 2.94. The van der Waals surface area contributed by atoms with Gasteiger partial charge in [0.2, 0.25) is 0 Å². The molecule has 0 heterocycles. The number of alkyl halides is 3. The van der Waals surface area contributed by atoms with Crippen molar-refractivity contribution in [1.29, 1.82) is 5.41 Å². The van der Waals surface area contributed by atoms with E-state index in [1.54, 1.807) is 6.92 Å². The molecule has 5 nitrogen and oxygen atoms in total. The molecule has 0 saturated heterocycles. The number of benzene rings is 1. The van der Waals surface area contributed by atoms with Crippen LogP contribution in [0.2, 0.25) is 0 Å². The summed E-state index contributed by atoms with van der Waals surface area (Å²) in [5.74, 6) is -1.25. The highest BCUT2D eigenvalue weighted by molar-refractivity contribution is 6.21. The summed E-state index contributed by atoms with van der Waals surface area (Å²) in [6.07, 6.45) is -4.28. The van der Waals surface area contributed by atoms with Crippen LogP contribution in [0.15, 0.2) is 24.3 Å². The second kappa shape index (κ2) is 9.07. The first-order valence-electron chi connectivity index (χ1n) is 6.98. The molecule has 0 aliphatic heterocycles. The number of nitrogens with two attached hydrogens (primary N) is 1. The van der Waals surface area contributed by atoms with Crippen molar-refractivity contribution in [1.82, 2.24) is 0 Å². The monoisotopic (exact) mass is 346 g/mol. The maximum Gasteiger partial charge on any atom is 0.416 e. The molecule has 4 N–H and O–H groups in total. The molecule has 0 radical (unpaired) electrons. The topological polar surface area (TPSA) is 96.4 Å². The minimum atomic E-state index is -4.54. The summed E-state index contributed by atoms with van der Waals surface area (Å²) in [6, 6.07) is 2.75. The van der Waals surface area contributed by atoms with E-state index in [2.05, 4.69) is 5.73 Å². The van der Waals surface area contributed by atoms with Crippen molar-refractivity contribution in [2.24, 2.45) is 5.73 Å². The van der Waals surface area contributed by atoms with E-state index in [9.17, 15) is 18.0 Å². The Morgan fingerprint density at radius 1 is 1.38 bits per heavy atom. The highest BCUT2D eigenvalue weighted by atomic mass is 19.4. The predicted molar refractivity (Wildman–Crippen MR) is 86.3 cm³/mol. The lowest BCUT2D eigenvalue weighted by Crippen LogP contribution is -2.23. The highest BCUT2D eigenvalue weighted by Gasteiger charge is 2.32. The van der Waals surface area contributed by atoms with E-state index in [1.165, 1.54) is 27.0 Å². The number of carbonyl (C=O) groups is 1. The van der Waals surface area contributed by atoms with E-state index < -0.39 is 23.8 Å². The Labute approximate surface area is 138 Å². The molecule has 24 heavy (non-hydrogen) atoms. The van der Waals surface area contributed by atoms with Gasteiger partial charge in [0.1, 0.15) is 5.75 Å². The van der Waals surface area contributed by atoms with Crippen LogP contribution >= 0.6 is 0 Å².